The molecule has 0 amide bonds. The molecule has 3 aromatic carbocycles. The average Bonchev–Trinajstić information content (AvgIpc) is 2.99. The quantitative estimate of drug-likeness (QED) is 0.458. The van der Waals surface area contributed by atoms with Crippen molar-refractivity contribution in [3.63, 3.8) is 0 Å². The summed E-state index contributed by atoms with van der Waals surface area (Å²) in [6.07, 6.45) is 1.92. The van der Waals surface area contributed by atoms with E-state index in [0.717, 1.165) is 22.5 Å². The van der Waals surface area contributed by atoms with Gasteiger partial charge in [-0.05, 0) is 35.9 Å². The third kappa shape index (κ3) is 2.78. The largest absolute Gasteiger partial charge is 0.343 e. The lowest BCUT2D eigenvalue weighted by molar-refractivity contribution is 0.977. The molecule has 3 nitrogen and oxygen atoms in total. The number of rotatable bonds is 3. The fourth-order valence-corrected chi connectivity index (χ4v) is 3.26. The first-order valence-corrected chi connectivity index (χ1v) is 8.45. The summed E-state index contributed by atoms with van der Waals surface area (Å²) in [4.78, 5) is 4.65. The lowest BCUT2D eigenvalue weighted by atomic mass is 10.1. The number of aryl methyl sites for hydroxylation is 1. The standard InChI is InChI=1S/C23H17N3/c1-26-22-10-6-5-9-20(22)21(23(26)18-7-3-2-4-8-18)16-25-19-13-11-17(15-24)12-14-19/h2-14,16H,1H3. The van der Waals surface area contributed by atoms with Gasteiger partial charge in [-0.15, -0.1) is 0 Å². The van der Waals surface area contributed by atoms with E-state index in [1.807, 2.05) is 24.4 Å². The van der Waals surface area contributed by atoms with E-state index < -0.39 is 0 Å². The average molecular weight is 335 g/mol. The van der Waals surface area contributed by atoms with E-state index in [0.29, 0.717) is 5.56 Å². The Bertz CT molecular complexity index is 1130. The van der Waals surface area contributed by atoms with Crippen LogP contribution in [0, 0.1) is 11.3 Å². The highest BCUT2D eigenvalue weighted by atomic mass is 15.0. The van der Waals surface area contributed by atoms with Gasteiger partial charge in [0, 0.05) is 29.7 Å². The molecule has 0 saturated carbocycles. The van der Waals surface area contributed by atoms with Gasteiger partial charge >= 0.3 is 0 Å². The number of aromatic nitrogens is 1. The Labute approximate surface area is 152 Å². The number of benzene rings is 3. The zero-order valence-electron chi connectivity index (χ0n) is 14.4. The molecule has 4 aromatic rings. The normalized spacial score (nSPS) is 11.1. The summed E-state index contributed by atoms with van der Waals surface area (Å²) in [5.74, 6) is 0. The van der Waals surface area contributed by atoms with E-state index in [2.05, 4.69) is 71.2 Å². The van der Waals surface area contributed by atoms with Gasteiger partial charge in [0.15, 0.2) is 0 Å². The second-order valence-electron chi connectivity index (χ2n) is 6.12. The molecular weight excluding hydrogens is 318 g/mol. The van der Waals surface area contributed by atoms with E-state index in [-0.39, 0.29) is 0 Å². The van der Waals surface area contributed by atoms with Gasteiger partial charge in [0.05, 0.1) is 23.0 Å². The van der Waals surface area contributed by atoms with Gasteiger partial charge in [0.2, 0.25) is 0 Å². The van der Waals surface area contributed by atoms with Crippen LogP contribution >= 0.6 is 0 Å². The van der Waals surface area contributed by atoms with Crippen molar-refractivity contribution in [1.82, 2.24) is 4.57 Å². The molecule has 3 heteroatoms. The summed E-state index contributed by atoms with van der Waals surface area (Å²) in [7, 11) is 2.09. The number of fused-ring (bicyclic) bond motifs is 1. The highest BCUT2D eigenvalue weighted by Crippen LogP contribution is 2.32. The Kier molecular flexibility index (Phi) is 4.09. The molecular formula is C23H17N3. The third-order valence-corrected chi connectivity index (χ3v) is 4.53. The first-order valence-electron chi connectivity index (χ1n) is 8.45. The number of hydrogen-bond acceptors (Lipinski definition) is 2. The van der Waals surface area contributed by atoms with Gasteiger partial charge in [0.1, 0.15) is 0 Å². The van der Waals surface area contributed by atoms with Gasteiger partial charge in [0.25, 0.3) is 0 Å². The minimum Gasteiger partial charge on any atom is -0.343 e. The van der Waals surface area contributed by atoms with Crippen LogP contribution in [0.4, 0.5) is 5.69 Å². The summed E-state index contributed by atoms with van der Waals surface area (Å²) in [6, 6.07) is 28.1. The van der Waals surface area contributed by atoms with Crippen LogP contribution in [0.3, 0.4) is 0 Å². The summed E-state index contributed by atoms with van der Waals surface area (Å²) in [5.41, 5.74) is 6.04. The third-order valence-electron chi connectivity index (χ3n) is 4.53. The number of nitrogens with zero attached hydrogens (tertiary/aromatic N) is 3. The maximum Gasteiger partial charge on any atom is 0.0991 e. The van der Waals surface area contributed by atoms with Gasteiger partial charge in [-0.25, -0.2) is 0 Å². The van der Waals surface area contributed by atoms with Crippen LogP contribution < -0.4 is 0 Å². The molecule has 0 atom stereocenters. The van der Waals surface area contributed by atoms with Gasteiger partial charge in [-0.3, -0.25) is 4.99 Å². The maximum absolute atomic E-state index is 8.93. The summed E-state index contributed by atoms with van der Waals surface area (Å²) in [6.45, 7) is 0. The molecule has 0 spiro atoms. The van der Waals surface area contributed by atoms with Gasteiger partial charge in [-0.2, -0.15) is 5.26 Å². The molecule has 26 heavy (non-hydrogen) atoms. The number of para-hydroxylation sites is 1. The van der Waals surface area contributed by atoms with Crippen molar-refractivity contribution in [3.05, 3.63) is 90.0 Å². The van der Waals surface area contributed by atoms with E-state index in [4.69, 9.17) is 5.26 Å². The molecule has 1 heterocycles. The smallest absolute Gasteiger partial charge is 0.0991 e. The van der Waals surface area contributed by atoms with E-state index in [1.54, 1.807) is 12.1 Å². The SMILES string of the molecule is Cn1c(-c2ccccc2)c(C=Nc2ccc(C#N)cc2)c2ccccc21. The van der Waals surface area contributed by atoms with E-state index in [1.165, 1.54) is 10.9 Å². The van der Waals surface area contributed by atoms with Crippen molar-refractivity contribution < 1.29 is 0 Å². The first kappa shape index (κ1) is 15.9. The predicted octanol–water partition coefficient (Wildman–Crippen LogP) is 5.47. The van der Waals surface area contributed by atoms with Crippen molar-refractivity contribution in [2.45, 2.75) is 0 Å². The van der Waals surface area contributed by atoms with Crippen molar-refractivity contribution >= 4 is 22.8 Å². The van der Waals surface area contributed by atoms with Crippen LogP contribution in [0.1, 0.15) is 11.1 Å². The molecule has 1 aromatic heterocycles. The minimum absolute atomic E-state index is 0.638. The second kappa shape index (κ2) is 6.70. The summed E-state index contributed by atoms with van der Waals surface area (Å²) < 4.78 is 2.21. The van der Waals surface area contributed by atoms with E-state index >= 15 is 0 Å². The highest BCUT2D eigenvalue weighted by Gasteiger charge is 2.14. The molecule has 0 aliphatic carbocycles. The maximum atomic E-state index is 8.93. The highest BCUT2D eigenvalue weighted by molar-refractivity contribution is 6.07. The minimum atomic E-state index is 0.638. The van der Waals surface area contributed by atoms with Crippen LogP contribution in [-0.4, -0.2) is 10.8 Å². The van der Waals surface area contributed by atoms with Crippen molar-refractivity contribution in [2.24, 2.45) is 12.0 Å². The van der Waals surface area contributed by atoms with Crippen LogP contribution in [-0.2, 0) is 7.05 Å². The Balaban J connectivity index is 1.88. The van der Waals surface area contributed by atoms with Crippen molar-refractivity contribution in [2.75, 3.05) is 0 Å². The van der Waals surface area contributed by atoms with Crippen molar-refractivity contribution in [3.8, 4) is 17.3 Å². The molecule has 0 fully saturated rings. The summed E-state index contributed by atoms with van der Waals surface area (Å²) >= 11 is 0. The lowest BCUT2D eigenvalue weighted by Crippen LogP contribution is -1.93. The molecule has 124 valence electrons. The Morgan fingerprint density at radius 3 is 2.31 bits per heavy atom. The molecule has 0 bridgehead atoms. The zero-order chi connectivity index (χ0) is 17.9. The molecule has 0 aliphatic heterocycles. The molecule has 0 unspecified atom stereocenters. The fourth-order valence-electron chi connectivity index (χ4n) is 3.26. The first-order chi connectivity index (χ1) is 12.8. The van der Waals surface area contributed by atoms with Crippen molar-refractivity contribution in [1.29, 1.82) is 5.26 Å². The molecule has 0 N–H and O–H groups in total. The molecule has 0 saturated heterocycles. The van der Waals surface area contributed by atoms with E-state index in [9.17, 15) is 0 Å². The Hall–Kier alpha value is -3.64. The van der Waals surface area contributed by atoms with Gasteiger partial charge < -0.3 is 4.57 Å². The number of nitriles is 1. The lowest BCUT2D eigenvalue weighted by Gasteiger charge is -2.06. The topological polar surface area (TPSA) is 41.1 Å². The van der Waals surface area contributed by atoms with Crippen LogP contribution in [0.5, 0.6) is 0 Å². The van der Waals surface area contributed by atoms with Crippen LogP contribution in [0.15, 0.2) is 83.9 Å². The summed E-state index contributed by atoms with van der Waals surface area (Å²) in [5, 5.41) is 10.1. The van der Waals surface area contributed by atoms with Crippen LogP contribution in [0.25, 0.3) is 22.2 Å². The molecule has 0 radical (unpaired) electrons. The second-order valence-corrected chi connectivity index (χ2v) is 6.12. The number of aliphatic imine (C=N–C) groups is 1. The molecule has 0 aliphatic rings. The molecule has 4 rings (SSSR count). The number of hydrogen-bond donors (Lipinski definition) is 0. The monoisotopic (exact) mass is 335 g/mol. The van der Waals surface area contributed by atoms with Crippen LogP contribution in [0.2, 0.25) is 0 Å². The predicted molar refractivity (Wildman–Crippen MR) is 107 cm³/mol. The Morgan fingerprint density at radius 1 is 0.885 bits per heavy atom. The fraction of sp³-hybridized carbons (Fsp3) is 0.0435. The Morgan fingerprint density at radius 2 is 1.58 bits per heavy atom. The zero-order valence-corrected chi connectivity index (χ0v) is 14.4. The van der Waals surface area contributed by atoms with Gasteiger partial charge in [-0.1, -0.05) is 48.5 Å².